The lowest BCUT2D eigenvalue weighted by Crippen LogP contribution is -2.35. The van der Waals surface area contributed by atoms with Gasteiger partial charge in [0.15, 0.2) is 0 Å². The van der Waals surface area contributed by atoms with Gasteiger partial charge in [-0.2, -0.15) is 0 Å². The molecule has 0 unspecified atom stereocenters. The second-order valence-electron chi connectivity index (χ2n) is 5.13. The van der Waals surface area contributed by atoms with Gasteiger partial charge in [0.2, 0.25) is 5.09 Å². The first-order valence-electron chi connectivity index (χ1n) is 6.29. The fourth-order valence-corrected chi connectivity index (χ4v) is 2.85. The maximum absolute atomic E-state index is 11.8. The molecular formula is C12H20N2O4S. The van der Waals surface area contributed by atoms with Crippen LogP contribution >= 0.6 is 0 Å². The quantitative estimate of drug-likeness (QED) is 0.791. The predicted octanol–water partition coefficient (Wildman–Crippen LogP) is 0.390. The van der Waals surface area contributed by atoms with Crippen molar-refractivity contribution >= 4 is 10.0 Å². The number of nitrogens with zero attached hydrogens (tertiary/aromatic N) is 1. The Kier molecular flexibility index (Phi) is 4.29. The molecule has 0 aromatic carbocycles. The number of hydrogen-bond donors (Lipinski definition) is 2. The first-order chi connectivity index (χ1) is 8.89. The van der Waals surface area contributed by atoms with Crippen molar-refractivity contribution in [3.05, 3.63) is 17.9 Å². The Bertz CT molecular complexity index is 518. The van der Waals surface area contributed by atoms with Crippen molar-refractivity contribution in [2.45, 2.75) is 30.6 Å². The summed E-state index contributed by atoms with van der Waals surface area (Å²) in [6.45, 7) is 1.31. The summed E-state index contributed by atoms with van der Waals surface area (Å²) in [5, 5.41) is 12.3. The predicted molar refractivity (Wildman–Crippen MR) is 70.0 cm³/mol. The monoisotopic (exact) mass is 288 g/mol. The summed E-state index contributed by atoms with van der Waals surface area (Å²) < 4.78 is 30.1. The SMILES string of the molecule is CN(C)S(=O)(=O)c1ccc(CNCC2CC(O)C2)o1. The van der Waals surface area contributed by atoms with Gasteiger partial charge in [-0.1, -0.05) is 0 Å². The van der Waals surface area contributed by atoms with Crippen LogP contribution < -0.4 is 5.32 Å². The first-order valence-corrected chi connectivity index (χ1v) is 7.73. The molecule has 6 nitrogen and oxygen atoms in total. The molecule has 0 aliphatic heterocycles. The van der Waals surface area contributed by atoms with Gasteiger partial charge in [0, 0.05) is 14.1 Å². The largest absolute Gasteiger partial charge is 0.447 e. The van der Waals surface area contributed by atoms with Crippen molar-refractivity contribution in [1.29, 1.82) is 0 Å². The number of hydrogen-bond acceptors (Lipinski definition) is 5. The number of sulfonamides is 1. The van der Waals surface area contributed by atoms with Crippen LogP contribution in [-0.2, 0) is 16.6 Å². The third kappa shape index (κ3) is 3.36. The van der Waals surface area contributed by atoms with Crippen LogP contribution in [0.15, 0.2) is 21.6 Å². The average Bonchev–Trinajstić information content (AvgIpc) is 2.75. The molecule has 0 saturated heterocycles. The molecule has 1 heterocycles. The smallest absolute Gasteiger partial charge is 0.275 e. The minimum atomic E-state index is -3.49. The summed E-state index contributed by atoms with van der Waals surface area (Å²) in [7, 11) is -0.553. The molecule has 7 heteroatoms. The molecule has 1 aromatic heterocycles. The van der Waals surface area contributed by atoms with Crippen molar-refractivity contribution < 1.29 is 17.9 Å². The van der Waals surface area contributed by atoms with E-state index in [0.29, 0.717) is 18.2 Å². The van der Waals surface area contributed by atoms with E-state index in [9.17, 15) is 8.42 Å². The fraction of sp³-hybridized carbons (Fsp3) is 0.667. The van der Waals surface area contributed by atoms with Crippen LogP contribution in [0.3, 0.4) is 0 Å². The number of furan rings is 1. The van der Waals surface area contributed by atoms with Gasteiger partial charge in [-0.15, -0.1) is 0 Å². The van der Waals surface area contributed by atoms with Crippen molar-refractivity contribution in [3.8, 4) is 0 Å². The molecule has 2 rings (SSSR count). The second kappa shape index (κ2) is 5.62. The number of rotatable bonds is 6. The van der Waals surface area contributed by atoms with Crippen LogP contribution in [0.25, 0.3) is 0 Å². The zero-order chi connectivity index (χ0) is 14.0. The second-order valence-corrected chi connectivity index (χ2v) is 7.21. The van der Waals surface area contributed by atoms with Crippen LogP contribution in [0.1, 0.15) is 18.6 Å². The Labute approximate surface area is 113 Å². The summed E-state index contributed by atoms with van der Waals surface area (Å²) in [6.07, 6.45) is 1.53. The molecule has 108 valence electrons. The number of nitrogens with one attached hydrogen (secondary N) is 1. The molecule has 1 aromatic rings. The van der Waals surface area contributed by atoms with Crippen LogP contribution in [0.5, 0.6) is 0 Å². The lowest BCUT2D eigenvalue weighted by atomic mass is 9.82. The van der Waals surface area contributed by atoms with E-state index < -0.39 is 10.0 Å². The Hall–Kier alpha value is -0.890. The van der Waals surface area contributed by atoms with Gasteiger partial charge in [0.1, 0.15) is 5.76 Å². The summed E-state index contributed by atoms with van der Waals surface area (Å²) in [6, 6.07) is 3.14. The minimum Gasteiger partial charge on any atom is -0.447 e. The molecule has 2 N–H and O–H groups in total. The average molecular weight is 288 g/mol. The van der Waals surface area contributed by atoms with E-state index in [1.54, 1.807) is 6.07 Å². The van der Waals surface area contributed by atoms with Crippen molar-refractivity contribution in [2.75, 3.05) is 20.6 Å². The molecule has 1 fully saturated rings. The zero-order valence-electron chi connectivity index (χ0n) is 11.2. The number of aliphatic hydroxyl groups excluding tert-OH is 1. The topological polar surface area (TPSA) is 82.8 Å². The maximum Gasteiger partial charge on any atom is 0.275 e. The summed E-state index contributed by atoms with van der Waals surface area (Å²) in [4.78, 5) is 0. The Balaban J connectivity index is 1.84. The molecule has 1 aliphatic carbocycles. The molecule has 0 atom stereocenters. The van der Waals surface area contributed by atoms with E-state index in [1.807, 2.05) is 0 Å². The Morgan fingerprint density at radius 2 is 2.11 bits per heavy atom. The highest BCUT2D eigenvalue weighted by molar-refractivity contribution is 7.88. The van der Waals surface area contributed by atoms with Gasteiger partial charge < -0.3 is 14.8 Å². The van der Waals surface area contributed by atoms with Crippen molar-refractivity contribution in [2.24, 2.45) is 5.92 Å². The molecule has 1 aliphatic rings. The van der Waals surface area contributed by atoms with E-state index in [4.69, 9.17) is 9.52 Å². The van der Waals surface area contributed by atoms with Crippen LogP contribution in [0.2, 0.25) is 0 Å². The van der Waals surface area contributed by atoms with Crippen LogP contribution in [-0.4, -0.2) is 44.6 Å². The van der Waals surface area contributed by atoms with E-state index in [-0.39, 0.29) is 11.2 Å². The van der Waals surface area contributed by atoms with E-state index in [0.717, 1.165) is 23.7 Å². The summed E-state index contributed by atoms with van der Waals surface area (Å²) >= 11 is 0. The normalized spacial score (nSPS) is 23.6. The summed E-state index contributed by atoms with van der Waals surface area (Å²) in [5.74, 6) is 1.11. The summed E-state index contributed by atoms with van der Waals surface area (Å²) in [5.41, 5.74) is 0. The number of aliphatic hydroxyl groups is 1. The highest BCUT2D eigenvalue weighted by Crippen LogP contribution is 2.26. The Morgan fingerprint density at radius 1 is 1.42 bits per heavy atom. The molecular weight excluding hydrogens is 268 g/mol. The van der Waals surface area contributed by atoms with Gasteiger partial charge in [0.05, 0.1) is 12.6 Å². The fourth-order valence-electron chi connectivity index (χ4n) is 2.04. The van der Waals surface area contributed by atoms with E-state index in [2.05, 4.69) is 5.32 Å². The van der Waals surface area contributed by atoms with Crippen LogP contribution in [0, 0.1) is 5.92 Å². The molecule has 1 saturated carbocycles. The molecule has 0 spiro atoms. The third-order valence-electron chi connectivity index (χ3n) is 3.32. The van der Waals surface area contributed by atoms with Gasteiger partial charge >= 0.3 is 0 Å². The molecule has 0 amide bonds. The van der Waals surface area contributed by atoms with E-state index >= 15 is 0 Å². The molecule has 0 radical (unpaired) electrons. The van der Waals surface area contributed by atoms with Crippen molar-refractivity contribution in [1.82, 2.24) is 9.62 Å². The third-order valence-corrected chi connectivity index (χ3v) is 5.00. The molecule has 0 bridgehead atoms. The maximum atomic E-state index is 11.8. The van der Waals surface area contributed by atoms with Gasteiger partial charge in [0.25, 0.3) is 10.0 Å². The van der Waals surface area contributed by atoms with Gasteiger partial charge in [-0.3, -0.25) is 0 Å². The van der Waals surface area contributed by atoms with Gasteiger partial charge in [-0.05, 0) is 37.4 Å². The Morgan fingerprint density at radius 3 is 2.68 bits per heavy atom. The lowest BCUT2D eigenvalue weighted by molar-refractivity contribution is 0.0427. The lowest BCUT2D eigenvalue weighted by Gasteiger charge is -2.31. The van der Waals surface area contributed by atoms with Crippen molar-refractivity contribution in [3.63, 3.8) is 0 Å². The standard InChI is InChI=1S/C12H20N2O4S/c1-14(2)19(16,17)12-4-3-11(18-12)8-13-7-9-5-10(15)6-9/h3-4,9-10,13,15H,5-8H2,1-2H3. The zero-order valence-corrected chi connectivity index (χ0v) is 12.0. The minimum absolute atomic E-state index is 0.0339. The highest BCUT2D eigenvalue weighted by atomic mass is 32.2. The first kappa shape index (κ1) is 14.5. The highest BCUT2D eigenvalue weighted by Gasteiger charge is 2.26. The molecule has 19 heavy (non-hydrogen) atoms. The van der Waals surface area contributed by atoms with Gasteiger partial charge in [-0.25, -0.2) is 12.7 Å². The van der Waals surface area contributed by atoms with E-state index in [1.165, 1.54) is 20.2 Å². The van der Waals surface area contributed by atoms with Crippen LogP contribution in [0.4, 0.5) is 0 Å².